The van der Waals surface area contributed by atoms with Gasteiger partial charge in [-0.3, -0.25) is 4.68 Å². The Morgan fingerprint density at radius 2 is 2.41 bits per heavy atom. The molecule has 1 aromatic heterocycles. The molecule has 2 aliphatic rings. The first-order chi connectivity index (χ1) is 8.25. The van der Waals surface area contributed by atoms with Gasteiger partial charge in [0.15, 0.2) is 0 Å². The maximum absolute atomic E-state index is 6.05. The first-order valence-electron chi connectivity index (χ1n) is 6.40. The van der Waals surface area contributed by atoms with E-state index in [0.29, 0.717) is 12.6 Å². The Balaban J connectivity index is 1.83. The molecule has 3 rings (SSSR count). The third-order valence-corrected chi connectivity index (χ3v) is 4.27. The van der Waals surface area contributed by atoms with E-state index in [0.717, 1.165) is 31.2 Å². The van der Waals surface area contributed by atoms with E-state index in [2.05, 4.69) is 10.1 Å². The normalized spacial score (nSPS) is 33.2. The van der Waals surface area contributed by atoms with Crippen LogP contribution in [0.15, 0.2) is 6.33 Å². The van der Waals surface area contributed by atoms with Gasteiger partial charge in [-0.15, -0.1) is 0 Å². The Morgan fingerprint density at radius 1 is 1.59 bits per heavy atom. The maximum atomic E-state index is 6.05. The Morgan fingerprint density at radius 3 is 3.00 bits per heavy atom. The molecule has 0 spiro atoms. The minimum absolute atomic E-state index is 0.0853. The molecule has 2 unspecified atom stereocenters. The standard InChI is InChI=1S/C12H20N4O/c1-16-10(14-8-15-16)6-12(7-13)4-5-17-11(12)9-2-3-9/h8-9,11H,2-7,13H2,1H3. The number of hydrogen-bond acceptors (Lipinski definition) is 4. The SMILES string of the molecule is Cn1ncnc1CC1(CN)CCOC1C1CC1. The van der Waals surface area contributed by atoms with E-state index in [1.54, 1.807) is 6.33 Å². The molecule has 2 N–H and O–H groups in total. The molecule has 2 atom stereocenters. The van der Waals surface area contributed by atoms with Gasteiger partial charge in [0.05, 0.1) is 6.10 Å². The second kappa shape index (κ2) is 4.07. The zero-order valence-electron chi connectivity index (χ0n) is 10.3. The van der Waals surface area contributed by atoms with E-state index < -0.39 is 0 Å². The number of ether oxygens (including phenoxy) is 1. The van der Waals surface area contributed by atoms with Crippen molar-refractivity contribution in [1.29, 1.82) is 0 Å². The third-order valence-electron chi connectivity index (χ3n) is 4.27. The Bertz CT molecular complexity index is 401. The molecule has 94 valence electrons. The van der Waals surface area contributed by atoms with E-state index in [9.17, 15) is 0 Å². The molecule has 5 nitrogen and oxygen atoms in total. The van der Waals surface area contributed by atoms with Crippen LogP contribution in [0.3, 0.4) is 0 Å². The van der Waals surface area contributed by atoms with Crippen molar-refractivity contribution < 1.29 is 4.74 Å². The summed E-state index contributed by atoms with van der Waals surface area (Å²) in [4.78, 5) is 4.33. The highest BCUT2D eigenvalue weighted by Crippen LogP contribution is 2.48. The number of hydrogen-bond donors (Lipinski definition) is 1. The smallest absolute Gasteiger partial charge is 0.138 e. The number of rotatable bonds is 4. The van der Waals surface area contributed by atoms with E-state index in [4.69, 9.17) is 10.5 Å². The Kier molecular flexibility index (Phi) is 2.67. The average Bonchev–Trinajstić information content (AvgIpc) is 2.98. The molecule has 1 saturated heterocycles. The second-order valence-corrected chi connectivity index (χ2v) is 5.42. The predicted octanol–water partition coefficient (Wildman–Crippen LogP) is 0.502. The monoisotopic (exact) mass is 236 g/mol. The minimum Gasteiger partial charge on any atom is -0.377 e. The van der Waals surface area contributed by atoms with Crippen LogP contribution in [0.5, 0.6) is 0 Å². The molecule has 5 heteroatoms. The van der Waals surface area contributed by atoms with Gasteiger partial charge in [-0.2, -0.15) is 5.10 Å². The van der Waals surface area contributed by atoms with Crippen LogP contribution < -0.4 is 5.73 Å². The summed E-state index contributed by atoms with van der Waals surface area (Å²) >= 11 is 0. The van der Waals surface area contributed by atoms with Gasteiger partial charge in [0.1, 0.15) is 12.2 Å². The van der Waals surface area contributed by atoms with Crippen LogP contribution in [0.25, 0.3) is 0 Å². The quantitative estimate of drug-likeness (QED) is 0.827. The second-order valence-electron chi connectivity index (χ2n) is 5.42. The average molecular weight is 236 g/mol. The molecule has 1 aromatic rings. The molecule has 2 heterocycles. The van der Waals surface area contributed by atoms with Crippen molar-refractivity contribution in [1.82, 2.24) is 14.8 Å². The van der Waals surface area contributed by atoms with Crippen LogP contribution in [0.4, 0.5) is 0 Å². The molecular weight excluding hydrogens is 216 g/mol. The molecule has 0 radical (unpaired) electrons. The Hall–Kier alpha value is -0.940. The number of aromatic nitrogens is 3. The fourth-order valence-corrected chi connectivity index (χ4v) is 3.02. The number of nitrogens with zero attached hydrogens (tertiary/aromatic N) is 3. The lowest BCUT2D eigenvalue weighted by atomic mass is 9.76. The topological polar surface area (TPSA) is 66.0 Å². The first-order valence-corrected chi connectivity index (χ1v) is 6.40. The van der Waals surface area contributed by atoms with Gasteiger partial charge >= 0.3 is 0 Å². The summed E-state index contributed by atoms with van der Waals surface area (Å²) in [5.74, 6) is 1.75. The van der Waals surface area contributed by atoms with Crippen LogP contribution in [0.1, 0.15) is 25.1 Å². The summed E-state index contributed by atoms with van der Waals surface area (Å²) in [6.45, 7) is 1.53. The zero-order valence-corrected chi connectivity index (χ0v) is 10.3. The Labute approximate surface area is 101 Å². The molecule has 0 bridgehead atoms. The third kappa shape index (κ3) is 1.87. The highest BCUT2D eigenvalue weighted by Gasteiger charge is 2.50. The van der Waals surface area contributed by atoms with Crippen LogP contribution in [0, 0.1) is 11.3 Å². The lowest BCUT2D eigenvalue weighted by Crippen LogP contribution is -2.42. The van der Waals surface area contributed by atoms with E-state index in [1.807, 2.05) is 11.7 Å². The lowest BCUT2D eigenvalue weighted by molar-refractivity contribution is 0.0333. The maximum Gasteiger partial charge on any atom is 0.138 e. The van der Waals surface area contributed by atoms with Crippen LogP contribution in [-0.4, -0.2) is 34.0 Å². The molecule has 2 fully saturated rings. The first kappa shape index (κ1) is 11.2. The molecule has 0 aromatic carbocycles. The van der Waals surface area contributed by atoms with Crippen LogP contribution in [0.2, 0.25) is 0 Å². The number of nitrogens with two attached hydrogens (primary N) is 1. The minimum atomic E-state index is 0.0853. The summed E-state index contributed by atoms with van der Waals surface area (Å²) in [7, 11) is 1.94. The predicted molar refractivity (Wildman–Crippen MR) is 63.3 cm³/mol. The van der Waals surface area contributed by atoms with E-state index in [-0.39, 0.29) is 5.41 Å². The molecule has 17 heavy (non-hydrogen) atoms. The van der Waals surface area contributed by atoms with Crippen LogP contribution in [-0.2, 0) is 18.2 Å². The fourth-order valence-electron chi connectivity index (χ4n) is 3.02. The summed E-state index contributed by atoms with van der Waals surface area (Å²) in [5, 5.41) is 4.13. The molecule has 1 aliphatic carbocycles. The van der Waals surface area contributed by atoms with Crippen LogP contribution >= 0.6 is 0 Å². The van der Waals surface area contributed by atoms with Crippen molar-refractivity contribution in [3.05, 3.63) is 12.2 Å². The van der Waals surface area contributed by atoms with Gasteiger partial charge in [0, 0.05) is 32.0 Å². The molecule has 1 aliphatic heterocycles. The van der Waals surface area contributed by atoms with E-state index in [1.165, 1.54) is 12.8 Å². The summed E-state index contributed by atoms with van der Waals surface area (Å²) < 4.78 is 7.78. The highest BCUT2D eigenvalue weighted by molar-refractivity contribution is 5.05. The summed E-state index contributed by atoms with van der Waals surface area (Å²) in [5.41, 5.74) is 6.14. The molecular formula is C12H20N4O. The fraction of sp³-hybridized carbons (Fsp3) is 0.833. The highest BCUT2D eigenvalue weighted by atomic mass is 16.5. The number of aryl methyl sites for hydroxylation is 1. The van der Waals surface area contributed by atoms with Crippen molar-refractivity contribution in [2.45, 2.75) is 31.8 Å². The van der Waals surface area contributed by atoms with Crippen molar-refractivity contribution in [3.8, 4) is 0 Å². The van der Waals surface area contributed by atoms with Gasteiger partial charge in [0.2, 0.25) is 0 Å². The van der Waals surface area contributed by atoms with Crippen molar-refractivity contribution in [2.24, 2.45) is 24.1 Å². The van der Waals surface area contributed by atoms with Gasteiger partial charge in [0.25, 0.3) is 0 Å². The van der Waals surface area contributed by atoms with Crippen molar-refractivity contribution in [2.75, 3.05) is 13.2 Å². The van der Waals surface area contributed by atoms with Gasteiger partial charge in [-0.25, -0.2) is 4.98 Å². The van der Waals surface area contributed by atoms with Crippen molar-refractivity contribution in [3.63, 3.8) is 0 Å². The van der Waals surface area contributed by atoms with Gasteiger partial charge in [-0.05, 0) is 25.2 Å². The summed E-state index contributed by atoms with van der Waals surface area (Å²) in [6.07, 6.45) is 6.49. The zero-order chi connectivity index (χ0) is 11.9. The molecule has 1 saturated carbocycles. The van der Waals surface area contributed by atoms with Crippen molar-refractivity contribution >= 4 is 0 Å². The van der Waals surface area contributed by atoms with Gasteiger partial charge < -0.3 is 10.5 Å². The summed E-state index contributed by atoms with van der Waals surface area (Å²) in [6, 6.07) is 0. The molecule has 0 amide bonds. The lowest BCUT2D eigenvalue weighted by Gasteiger charge is -2.32. The van der Waals surface area contributed by atoms with Gasteiger partial charge in [-0.1, -0.05) is 0 Å². The largest absolute Gasteiger partial charge is 0.377 e. The van der Waals surface area contributed by atoms with E-state index >= 15 is 0 Å².